The van der Waals surface area contributed by atoms with E-state index in [9.17, 15) is 4.79 Å². The Morgan fingerprint density at radius 3 is 2.60 bits per heavy atom. The third-order valence-corrected chi connectivity index (χ3v) is 3.50. The molecule has 0 saturated heterocycles. The molecular formula is C15H14BrClN2O. The van der Waals surface area contributed by atoms with Crippen LogP contribution in [0.1, 0.15) is 5.56 Å². The van der Waals surface area contributed by atoms with Crippen LogP contribution >= 0.6 is 27.5 Å². The molecule has 0 radical (unpaired) electrons. The predicted molar refractivity (Wildman–Crippen MR) is 86.1 cm³/mol. The van der Waals surface area contributed by atoms with Gasteiger partial charge in [0.05, 0.1) is 0 Å². The van der Waals surface area contributed by atoms with Crippen LogP contribution in [0.15, 0.2) is 53.0 Å². The number of carbonyl (C=O) groups is 1. The van der Waals surface area contributed by atoms with Crippen LogP contribution in [-0.4, -0.2) is 18.0 Å². The number of nitrogens with zero attached hydrogens (tertiary/aromatic N) is 1. The molecule has 20 heavy (non-hydrogen) atoms. The van der Waals surface area contributed by atoms with E-state index in [1.54, 1.807) is 36.2 Å². The van der Waals surface area contributed by atoms with Gasteiger partial charge in [-0.25, -0.2) is 4.79 Å². The minimum Gasteiger partial charge on any atom is -0.323 e. The summed E-state index contributed by atoms with van der Waals surface area (Å²) in [5, 5.41) is 3.46. The molecule has 3 nitrogen and oxygen atoms in total. The number of halogens is 2. The minimum absolute atomic E-state index is 0.160. The average Bonchev–Trinajstić information content (AvgIpc) is 2.41. The summed E-state index contributed by atoms with van der Waals surface area (Å²) in [5.74, 6) is 0. The molecule has 2 aromatic carbocycles. The Balaban J connectivity index is 1.96. The van der Waals surface area contributed by atoms with E-state index in [4.69, 9.17) is 11.6 Å². The standard InChI is InChI=1S/C15H14BrClN2O/c1-19(10-11-3-2-4-12(16)9-11)15(20)18-14-7-5-13(17)6-8-14/h2-9H,10H2,1H3,(H,18,20). The van der Waals surface area contributed by atoms with Crippen LogP contribution in [0, 0.1) is 0 Å². The number of amides is 2. The summed E-state index contributed by atoms with van der Waals surface area (Å²) in [6, 6.07) is 14.7. The lowest BCUT2D eigenvalue weighted by atomic mass is 10.2. The molecule has 2 rings (SSSR count). The summed E-state index contributed by atoms with van der Waals surface area (Å²) in [5.41, 5.74) is 1.79. The van der Waals surface area contributed by atoms with E-state index < -0.39 is 0 Å². The largest absolute Gasteiger partial charge is 0.323 e. The normalized spacial score (nSPS) is 10.2. The van der Waals surface area contributed by atoms with Crippen molar-refractivity contribution in [2.75, 3.05) is 12.4 Å². The van der Waals surface area contributed by atoms with Crippen molar-refractivity contribution in [3.8, 4) is 0 Å². The van der Waals surface area contributed by atoms with E-state index in [-0.39, 0.29) is 6.03 Å². The highest BCUT2D eigenvalue weighted by Gasteiger charge is 2.09. The molecule has 0 fully saturated rings. The lowest BCUT2D eigenvalue weighted by molar-refractivity contribution is 0.220. The molecule has 0 bridgehead atoms. The maximum atomic E-state index is 12.1. The number of carbonyl (C=O) groups excluding carboxylic acids is 1. The van der Waals surface area contributed by atoms with E-state index in [1.807, 2.05) is 24.3 Å². The van der Waals surface area contributed by atoms with Crippen LogP contribution in [0.5, 0.6) is 0 Å². The summed E-state index contributed by atoms with van der Waals surface area (Å²) in [6.07, 6.45) is 0. The van der Waals surface area contributed by atoms with Crippen LogP contribution in [0.25, 0.3) is 0 Å². The van der Waals surface area contributed by atoms with Gasteiger partial charge in [0.25, 0.3) is 0 Å². The van der Waals surface area contributed by atoms with E-state index >= 15 is 0 Å². The zero-order valence-electron chi connectivity index (χ0n) is 10.9. The molecular weight excluding hydrogens is 340 g/mol. The highest BCUT2D eigenvalue weighted by atomic mass is 79.9. The Morgan fingerprint density at radius 1 is 1.25 bits per heavy atom. The first-order valence-electron chi connectivity index (χ1n) is 6.07. The van der Waals surface area contributed by atoms with Crippen LogP contribution < -0.4 is 5.32 Å². The molecule has 5 heteroatoms. The van der Waals surface area contributed by atoms with Crippen molar-refractivity contribution in [1.29, 1.82) is 0 Å². The molecule has 0 atom stereocenters. The molecule has 0 aliphatic rings. The van der Waals surface area contributed by atoms with Crippen LogP contribution in [0.2, 0.25) is 5.02 Å². The first-order chi connectivity index (χ1) is 9.54. The second-order valence-electron chi connectivity index (χ2n) is 4.42. The summed E-state index contributed by atoms with van der Waals surface area (Å²) >= 11 is 9.22. The number of hydrogen-bond acceptors (Lipinski definition) is 1. The van der Waals surface area contributed by atoms with Gasteiger partial charge < -0.3 is 10.2 Å². The monoisotopic (exact) mass is 352 g/mol. The lowest BCUT2D eigenvalue weighted by Gasteiger charge is -2.18. The highest BCUT2D eigenvalue weighted by molar-refractivity contribution is 9.10. The molecule has 0 unspecified atom stereocenters. The van der Waals surface area contributed by atoms with Crippen LogP contribution in [0.3, 0.4) is 0 Å². The highest BCUT2D eigenvalue weighted by Crippen LogP contribution is 2.15. The smallest absolute Gasteiger partial charge is 0.321 e. The van der Waals surface area contributed by atoms with Crippen molar-refractivity contribution in [3.05, 3.63) is 63.6 Å². The first kappa shape index (κ1) is 14.9. The van der Waals surface area contributed by atoms with E-state index in [0.29, 0.717) is 11.6 Å². The van der Waals surface area contributed by atoms with Crippen LogP contribution in [0.4, 0.5) is 10.5 Å². The molecule has 2 aromatic rings. The third-order valence-electron chi connectivity index (χ3n) is 2.75. The molecule has 104 valence electrons. The van der Waals surface area contributed by atoms with E-state index in [0.717, 1.165) is 15.7 Å². The molecule has 0 aromatic heterocycles. The molecule has 1 N–H and O–H groups in total. The van der Waals surface area contributed by atoms with Gasteiger partial charge in [0.15, 0.2) is 0 Å². The van der Waals surface area contributed by atoms with E-state index in [1.165, 1.54) is 0 Å². The number of benzene rings is 2. The number of hydrogen-bond donors (Lipinski definition) is 1. The Labute approximate surface area is 131 Å². The van der Waals surface area contributed by atoms with Crippen molar-refractivity contribution in [2.45, 2.75) is 6.54 Å². The first-order valence-corrected chi connectivity index (χ1v) is 7.24. The quantitative estimate of drug-likeness (QED) is 0.847. The zero-order valence-corrected chi connectivity index (χ0v) is 13.3. The zero-order chi connectivity index (χ0) is 14.5. The fourth-order valence-corrected chi connectivity index (χ4v) is 2.31. The molecule has 0 saturated carbocycles. The second kappa shape index (κ2) is 6.77. The van der Waals surface area contributed by atoms with Gasteiger partial charge >= 0.3 is 6.03 Å². The average molecular weight is 354 g/mol. The Kier molecular flexibility index (Phi) is 5.04. The number of nitrogens with one attached hydrogen (secondary N) is 1. The summed E-state index contributed by atoms with van der Waals surface area (Å²) in [6.45, 7) is 0.541. The topological polar surface area (TPSA) is 32.3 Å². The van der Waals surface area contributed by atoms with Crippen molar-refractivity contribution in [2.24, 2.45) is 0 Å². The van der Waals surface area contributed by atoms with Crippen molar-refractivity contribution in [1.82, 2.24) is 4.90 Å². The van der Waals surface area contributed by atoms with Gasteiger partial charge in [-0.15, -0.1) is 0 Å². The van der Waals surface area contributed by atoms with Crippen molar-refractivity contribution < 1.29 is 4.79 Å². The van der Waals surface area contributed by atoms with Crippen LogP contribution in [-0.2, 0) is 6.54 Å². The Hall–Kier alpha value is -1.52. The van der Waals surface area contributed by atoms with E-state index in [2.05, 4.69) is 21.2 Å². The van der Waals surface area contributed by atoms with Gasteiger partial charge in [-0.2, -0.15) is 0 Å². The Morgan fingerprint density at radius 2 is 1.95 bits per heavy atom. The van der Waals surface area contributed by atoms with Crippen molar-refractivity contribution >= 4 is 39.2 Å². The van der Waals surface area contributed by atoms with Gasteiger partial charge in [0.1, 0.15) is 0 Å². The van der Waals surface area contributed by atoms with Crippen molar-refractivity contribution in [3.63, 3.8) is 0 Å². The molecule has 0 aliphatic heterocycles. The second-order valence-corrected chi connectivity index (χ2v) is 5.78. The predicted octanol–water partition coefficient (Wildman–Crippen LogP) is 4.77. The maximum Gasteiger partial charge on any atom is 0.321 e. The summed E-state index contributed by atoms with van der Waals surface area (Å²) in [4.78, 5) is 13.7. The molecule has 0 spiro atoms. The third kappa shape index (κ3) is 4.25. The maximum absolute atomic E-state index is 12.1. The number of anilines is 1. The van der Waals surface area contributed by atoms with Gasteiger partial charge in [0, 0.05) is 28.8 Å². The fraction of sp³-hybridized carbons (Fsp3) is 0.133. The summed E-state index contributed by atoms with van der Waals surface area (Å²) in [7, 11) is 1.76. The summed E-state index contributed by atoms with van der Waals surface area (Å²) < 4.78 is 1.00. The molecule has 0 heterocycles. The fourth-order valence-electron chi connectivity index (χ4n) is 1.73. The minimum atomic E-state index is -0.160. The number of urea groups is 1. The van der Waals surface area contributed by atoms with Gasteiger partial charge in [0.2, 0.25) is 0 Å². The van der Waals surface area contributed by atoms with Gasteiger partial charge in [-0.05, 0) is 42.0 Å². The Bertz CT molecular complexity index is 601. The van der Waals surface area contributed by atoms with Gasteiger partial charge in [-0.3, -0.25) is 0 Å². The number of rotatable bonds is 3. The van der Waals surface area contributed by atoms with Gasteiger partial charge in [-0.1, -0.05) is 39.7 Å². The molecule has 2 amide bonds. The SMILES string of the molecule is CN(Cc1cccc(Br)c1)C(=O)Nc1ccc(Cl)cc1. The molecule has 0 aliphatic carbocycles. The lowest BCUT2D eigenvalue weighted by Crippen LogP contribution is -2.30.